The number of hydrogen-bond acceptors (Lipinski definition) is 4. The van der Waals surface area contributed by atoms with E-state index >= 15 is 0 Å². The Morgan fingerprint density at radius 2 is 1.88 bits per heavy atom. The molecule has 0 aromatic heterocycles. The summed E-state index contributed by atoms with van der Waals surface area (Å²) in [6.07, 6.45) is 0.672. The van der Waals surface area contributed by atoms with Crippen LogP contribution in [0.15, 0.2) is 42.5 Å². The predicted molar refractivity (Wildman–Crippen MR) is 102 cm³/mol. The molecular weight excluding hydrogens is 328 g/mol. The molecule has 3 rings (SSSR count). The molecule has 138 valence electrons. The molecular formula is C21H26N2O3. The third kappa shape index (κ3) is 3.89. The zero-order valence-corrected chi connectivity index (χ0v) is 15.4. The van der Waals surface area contributed by atoms with Crippen molar-refractivity contribution in [1.29, 1.82) is 0 Å². The highest BCUT2D eigenvalue weighted by Gasteiger charge is 2.27. The van der Waals surface area contributed by atoms with E-state index in [0.717, 1.165) is 23.2 Å². The second-order valence-corrected chi connectivity index (χ2v) is 7.00. The normalized spacial score (nSPS) is 18.1. The molecule has 1 aliphatic heterocycles. The topological polar surface area (TPSA) is 64.0 Å². The monoisotopic (exact) mass is 354 g/mol. The zero-order valence-electron chi connectivity index (χ0n) is 15.4. The first-order chi connectivity index (χ1) is 12.5. The number of piperazine rings is 1. The van der Waals surface area contributed by atoms with Gasteiger partial charge in [0.05, 0.1) is 0 Å². The molecule has 1 unspecified atom stereocenters. The molecule has 1 saturated heterocycles. The number of amides is 1. The molecule has 1 amide bonds. The first-order valence-electron chi connectivity index (χ1n) is 9.00. The summed E-state index contributed by atoms with van der Waals surface area (Å²) < 4.78 is 0. The SMILES string of the molecule is Cc1ccc(O)c(-c2ccc(C(=O)N3CCN(C)C(CCO)C3)cc2)c1. The Labute approximate surface area is 154 Å². The van der Waals surface area contributed by atoms with Crippen LogP contribution in [-0.4, -0.2) is 65.3 Å². The molecule has 1 atom stereocenters. The highest BCUT2D eigenvalue weighted by Crippen LogP contribution is 2.30. The van der Waals surface area contributed by atoms with E-state index in [2.05, 4.69) is 4.90 Å². The Bertz CT molecular complexity index is 773. The van der Waals surface area contributed by atoms with E-state index in [1.807, 2.05) is 55.3 Å². The van der Waals surface area contributed by atoms with E-state index in [-0.39, 0.29) is 24.3 Å². The maximum atomic E-state index is 12.8. The molecule has 1 heterocycles. The largest absolute Gasteiger partial charge is 0.507 e. The van der Waals surface area contributed by atoms with E-state index in [4.69, 9.17) is 0 Å². The average molecular weight is 354 g/mol. The number of aromatic hydroxyl groups is 1. The lowest BCUT2D eigenvalue weighted by atomic mass is 10.0. The Balaban J connectivity index is 1.76. The van der Waals surface area contributed by atoms with Crippen LogP contribution in [-0.2, 0) is 0 Å². The molecule has 0 bridgehead atoms. The van der Waals surface area contributed by atoms with Crippen molar-refractivity contribution in [2.45, 2.75) is 19.4 Å². The van der Waals surface area contributed by atoms with Crippen molar-refractivity contribution in [2.75, 3.05) is 33.3 Å². The molecule has 0 saturated carbocycles. The van der Waals surface area contributed by atoms with Crippen molar-refractivity contribution in [2.24, 2.45) is 0 Å². The van der Waals surface area contributed by atoms with E-state index in [9.17, 15) is 15.0 Å². The predicted octanol–water partition coefficient (Wildman–Crippen LogP) is 2.51. The van der Waals surface area contributed by atoms with Gasteiger partial charge in [-0.3, -0.25) is 9.69 Å². The number of hydrogen-bond donors (Lipinski definition) is 2. The first-order valence-corrected chi connectivity index (χ1v) is 9.00. The van der Waals surface area contributed by atoms with Crippen LogP contribution in [0.5, 0.6) is 5.75 Å². The van der Waals surface area contributed by atoms with Gasteiger partial charge in [-0.25, -0.2) is 0 Å². The Morgan fingerprint density at radius 1 is 1.15 bits per heavy atom. The van der Waals surface area contributed by atoms with Crippen LogP contribution in [0.3, 0.4) is 0 Å². The second-order valence-electron chi connectivity index (χ2n) is 7.00. The van der Waals surface area contributed by atoms with Gasteiger partial charge in [-0.15, -0.1) is 0 Å². The number of carbonyl (C=O) groups excluding carboxylic acids is 1. The Kier molecular flexibility index (Phi) is 5.59. The lowest BCUT2D eigenvalue weighted by Gasteiger charge is -2.39. The molecule has 1 aliphatic rings. The molecule has 5 nitrogen and oxygen atoms in total. The van der Waals surface area contributed by atoms with Crippen LogP contribution in [0.1, 0.15) is 22.3 Å². The maximum absolute atomic E-state index is 12.8. The summed E-state index contributed by atoms with van der Waals surface area (Å²) in [6, 6.07) is 13.1. The number of benzene rings is 2. The second kappa shape index (κ2) is 7.89. The van der Waals surface area contributed by atoms with Crippen molar-refractivity contribution in [1.82, 2.24) is 9.80 Å². The summed E-state index contributed by atoms with van der Waals surface area (Å²) in [5.41, 5.74) is 3.38. The average Bonchev–Trinajstić information content (AvgIpc) is 2.65. The lowest BCUT2D eigenvalue weighted by Crippen LogP contribution is -2.53. The van der Waals surface area contributed by atoms with Crippen molar-refractivity contribution < 1.29 is 15.0 Å². The van der Waals surface area contributed by atoms with Gasteiger partial charge in [0.15, 0.2) is 0 Å². The minimum atomic E-state index is 0.0149. The van der Waals surface area contributed by atoms with E-state index in [1.54, 1.807) is 6.07 Å². The maximum Gasteiger partial charge on any atom is 0.253 e. The number of nitrogens with zero attached hydrogens (tertiary/aromatic N) is 2. The van der Waals surface area contributed by atoms with E-state index in [0.29, 0.717) is 25.1 Å². The van der Waals surface area contributed by atoms with Gasteiger partial charge in [0.1, 0.15) is 5.75 Å². The van der Waals surface area contributed by atoms with Crippen LogP contribution < -0.4 is 0 Å². The quantitative estimate of drug-likeness (QED) is 0.886. The molecule has 5 heteroatoms. The number of phenolic OH excluding ortho intramolecular Hbond substituents is 1. The van der Waals surface area contributed by atoms with Crippen LogP contribution in [0, 0.1) is 6.92 Å². The molecule has 26 heavy (non-hydrogen) atoms. The summed E-state index contributed by atoms with van der Waals surface area (Å²) >= 11 is 0. The van der Waals surface area contributed by atoms with Gasteiger partial charge in [0.2, 0.25) is 0 Å². The molecule has 1 fully saturated rings. The third-order valence-corrected chi connectivity index (χ3v) is 5.12. The third-order valence-electron chi connectivity index (χ3n) is 5.12. The van der Waals surface area contributed by atoms with Crippen LogP contribution in [0.2, 0.25) is 0 Å². The van der Waals surface area contributed by atoms with Gasteiger partial charge in [0, 0.05) is 43.4 Å². The minimum Gasteiger partial charge on any atom is -0.507 e. The summed E-state index contributed by atoms with van der Waals surface area (Å²) in [7, 11) is 2.03. The summed E-state index contributed by atoms with van der Waals surface area (Å²) in [5, 5.41) is 19.3. The number of carbonyl (C=O) groups is 1. The van der Waals surface area contributed by atoms with Gasteiger partial charge in [0.25, 0.3) is 5.91 Å². The highest BCUT2D eigenvalue weighted by molar-refractivity contribution is 5.95. The lowest BCUT2D eigenvalue weighted by molar-refractivity contribution is 0.0500. The summed E-state index contributed by atoms with van der Waals surface area (Å²) in [6.45, 7) is 4.25. The van der Waals surface area contributed by atoms with E-state index in [1.165, 1.54) is 0 Å². The fourth-order valence-electron chi connectivity index (χ4n) is 3.45. The van der Waals surface area contributed by atoms with Gasteiger partial charge in [-0.2, -0.15) is 0 Å². The van der Waals surface area contributed by atoms with Crippen molar-refractivity contribution >= 4 is 5.91 Å². The summed E-state index contributed by atoms with van der Waals surface area (Å²) in [4.78, 5) is 16.9. The number of rotatable bonds is 4. The van der Waals surface area contributed by atoms with Crippen molar-refractivity contribution in [3.05, 3.63) is 53.6 Å². The van der Waals surface area contributed by atoms with Crippen molar-refractivity contribution in [3.8, 4) is 16.9 Å². The van der Waals surface area contributed by atoms with E-state index < -0.39 is 0 Å². The molecule has 2 aromatic carbocycles. The highest BCUT2D eigenvalue weighted by atomic mass is 16.3. The van der Waals surface area contributed by atoms with Gasteiger partial charge >= 0.3 is 0 Å². The number of aliphatic hydroxyl groups excluding tert-OH is 1. The van der Waals surface area contributed by atoms with Gasteiger partial charge < -0.3 is 15.1 Å². The molecule has 2 aromatic rings. The Hall–Kier alpha value is -2.37. The van der Waals surface area contributed by atoms with Crippen molar-refractivity contribution in [3.63, 3.8) is 0 Å². The number of likely N-dealkylation sites (N-methyl/N-ethyl adjacent to an activating group) is 1. The molecule has 0 radical (unpaired) electrons. The van der Waals surface area contributed by atoms with Gasteiger partial charge in [-0.1, -0.05) is 23.8 Å². The fourth-order valence-corrected chi connectivity index (χ4v) is 3.45. The van der Waals surface area contributed by atoms with Crippen LogP contribution in [0.4, 0.5) is 0 Å². The number of phenols is 1. The van der Waals surface area contributed by atoms with Crippen LogP contribution in [0.25, 0.3) is 11.1 Å². The zero-order chi connectivity index (χ0) is 18.7. The fraction of sp³-hybridized carbons (Fsp3) is 0.381. The minimum absolute atomic E-state index is 0.0149. The molecule has 2 N–H and O–H groups in total. The smallest absolute Gasteiger partial charge is 0.253 e. The first kappa shape index (κ1) is 18.4. The standard InChI is InChI=1S/C21H26N2O3/c1-15-3-8-20(25)19(13-15)16-4-6-17(7-5-16)21(26)23-11-10-22(2)18(14-23)9-12-24/h3-8,13,18,24-25H,9-12,14H2,1-2H3. The molecule has 0 spiro atoms. The number of aliphatic hydroxyl groups is 1. The summed E-state index contributed by atoms with van der Waals surface area (Å²) in [5.74, 6) is 0.252. The van der Waals surface area contributed by atoms with Crippen LogP contribution >= 0.6 is 0 Å². The number of aryl methyl sites for hydroxylation is 1. The van der Waals surface area contributed by atoms with Gasteiger partial charge in [-0.05, 0) is 50.2 Å². The Morgan fingerprint density at radius 3 is 2.58 bits per heavy atom. The molecule has 0 aliphatic carbocycles.